The molecule has 1 atom stereocenters. The number of hydrogen-bond acceptors (Lipinski definition) is 4. The lowest BCUT2D eigenvalue weighted by Gasteiger charge is -2.31. The molecule has 7 heteroatoms. The first kappa shape index (κ1) is 22.2. The first-order valence-electron chi connectivity index (χ1n) is 10.9. The van der Waals surface area contributed by atoms with Crippen molar-refractivity contribution in [1.29, 1.82) is 0 Å². The second-order valence-electron chi connectivity index (χ2n) is 8.68. The van der Waals surface area contributed by atoms with Gasteiger partial charge < -0.3 is 10.2 Å². The summed E-state index contributed by atoms with van der Waals surface area (Å²) in [6, 6.07) is 6.92. The first-order chi connectivity index (χ1) is 13.9. The van der Waals surface area contributed by atoms with E-state index in [0.29, 0.717) is 18.0 Å². The van der Waals surface area contributed by atoms with Crippen molar-refractivity contribution in [1.82, 2.24) is 14.5 Å². The number of likely N-dealkylation sites (tertiary alicyclic amines) is 1. The maximum absolute atomic E-state index is 12.9. The summed E-state index contributed by atoms with van der Waals surface area (Å²) in [5.41, 5.74) is 1.03. The molecule has 2 heterocycles. The predicted molar refractivity (Wildman–Crippen MR) is 115 cm³/mol. The number of aryl methyl sites for hydroxylation is 1. The largest absolute Gasteiger partial charge is 0.356 e. The Labute approximate surface area is 175 Å². The summed E-state index contributed by atoms with van der Waals surface area (Å²) in [4.78, 5) is 15.4. The molecule has 2 aliphatic heterocycles. The smallest absolute Gasteiger partial charge is 0.243 e. The van der Waals surface area contributed by atoms with E-state index in [1.54, 1.807) is 12.1 Å². The van der Waals surface area contributed by atoms with E-state index < -0.39 is 10.0 Å². The van der Waals surface area contributed by atoms with Crippen molar-refractivity contribution in [3.8, 4) is 0 Å². The van der Waals surface area contributed by atoms with E-state index in [1.807, 2.05) is 19.1 Å². The standard InChI is InChI=1S/C22H35N3O3S/c1-18-6-8-21(9-7-18)29(27,28)25-14-3-5-20(17-25)22(26)23-12-4-13-24-15-10-19(2)11-16-24/h6-9,19-20H,3-5,10-17H2,1-2H3,(H,23,26)/t20-/m0/s1. The summed E-state index contributed by atoms with van der Waals surface area (Å²) in [6.07, 6.45) is 4.93. The average molecular weight is 422 g/mol. The third-order valence-corrected chi connectivity index (χ3v) is 8.12. The van der Waals surface area contributed by atoms with Gasteiger partial charge in [0, 0.05) is 19.6 Å². The molecule has 2 fully saturated rings. The Morgan fingerprint density at radius 3 is 2.48 bits per heavy atom. The van der Waals surface area contributed by atoms with E-state index in [1.165, 1.54) is 17.1 Å². The van der Waals surface area contributed by atoms with Crippen LogP contribution in [-0.4, -0.2) is 62.8 Å². The van der Waals surface area contributed by atoms with Gasteiger partial charge in [-0.25, -0.2) is 8.42 Å². The highest BCUT2D eigenvalue weighted by atomic mass is 32.2. The molecule has 1 aromatic rings. The van der Waals surface area contributed by atoms with Crippen molar-refractivity contribution in [2.24, 2.45) is 11.8 Å². The highest BCUT2D eigenvalue weighted by molar-refractivity contribution is 7.89. The Bertz CT molecular complexity index is 771. The summed E-state index contributed by atoms with van der Waals surface area (Å²) < 4.78 is 27.3. The fourth-order valence-corrected chi connectivity index (χ4v) is 5.70. The minimum absolute atomic E-state index is 0.0129. The Morgan fingerprint density at radius 1 is 1.10 bits per heavy atom. The zero-order valence-corrected chi connectivity index (χ0v) is 18.6. The molecule has 0 radical (unpaired) electrons. The van der Waals surface area contributed by atoms with Crippen molar-refractivity contribution in [2.45, 2.75) is 50.8 Å². The van der Waals surface area contributed by atoms with Crippen LogP contribution in [0.25, 0.3) is 0 Å². The van der Waals surface area contributed by atoms with Gasteiger partial charge in [-0.1, -0.05) is 24.6 Å². The average Bonchev–Trinajstić information content (AvgIpc) is 2.73. The zero-order chi connectivity index (χ0) is 20.9. The molecular weight excluding hydrogens is 386 g/mol. The van der Waals surface area contributed by atoms with Crippen molar-refractivity contribution in [3.05, 3.63) is 29.8 Å². The van der Waals surface area contributed by atoms with Crippen molar-refractivity contribution in [2.75, 3.05) is 39.3 Å². The molecule has 1 aromatic carbocycles. The van der Waals surface area contributed by atoms with Gasteiger partial charge in [-0.3, -0.25) is 4.79 Å². The predicted octanol–water partition coefficient (Wildman–Crippen LogP) is 2.63. The summed E-state index contributed by atoms with van der Waals surface area (Å²) in [7, 11) is -3.54. The van der Waals surface area contributed by atoms with Crippen LogP contribution in [0.4, 0.5) is 0 Å². The molecule has 1 amide bonds. The molecule has 1 N–H and O–H groups in total. The molecular formula is C22H35N3O3S. The van der Waals surface area contributed by atoms with Crippen molar-refractivity contribution >= 4 is 15.9 Å². The van der Waals surface area contributed by atoms with Gasteiger partial charge in [-0.2, -0.15) is 4.31 Å². The summed E-state index contributed by atoms with van der Waals surface area (Å²) >= 11 is 0. The van der Waals surface area contributed by atoms with E-state index in [-0.39, 0.29) is 18.4 Å². The van der Waals surface area contributed by atoms with E-state index in [4.69, 9.17) is 0 Å². The molecule has 0 aliphatic carbocycles. The molecule has 3 rings (SSSR count). The van der Waals surface area contributed by atoms with Gasteiger partial charge in [0.2, 0.25) is 15.9 Å². The van der Waals surface area contributed by atoms with Crippen LogP contribution in [-0.2, 0) is 14.8 Å². The van der Waals surface area contributed by atoms with Gasteiger partial charge in [0.25, 0.3) is 0 Å². The maximum Gasteiger partial charge on any atom is 0.243 e. The van der Waals surface area contributed by atoms with E-state index in [0.717, 1.165) is 50.4 Å². The van der Waals surface area contributed by atoms with Crippen LogP contribution in [0, 0.1) is 18.8 Å². The van der Waals surface area contributed by atoms with Crippen LogP contribution in [0.1, 0.15) is 44.6 Å². The fraction of sp³-hybridized carbons (Fsp3) is 0.682. The lowest BCUT2D eigenvalue weighted by atomic mass is 9.98. The van der Waals surface area contributed by atoms with E-state index >= 15 is 0 Å². The van der Waals surface area contributed by atoms with Gasteiger partial charge in [0.1, 0.15) is 0 Å². The number of hydrogen-bond donors (Lipinski definition) is 1. The van der Waals surface area contributed by atoms with Crippen LogP contribution in [0.2, 0.25) is 0 Å². The molecule has 0 saturated carbocycles. The Hall–Kier alpha value is -1.44. The quantitative estimate of drug-likeness (QED) is 0.687. The fourth-order valence-electron chi connectivity index (χ4n) is 4.18. The van der Waals surface area contributed by atoms with Crippen LogP contribution in [0.15, 0.2) is 29.2 Å². The molecule has 29 heavy (non-hydrogen) atoms. The van der Waals surface area contributed by atoms with Crippen LogP contribution >= 0.6 is 0 Å². The minimum Gasteiger partial charge on any atom is -0.356 e. The van der Waals surface area contributed by atoms with Crippen molar-refractivity contribution in [3.63, 3.8) is 0 Å². The number of benzene rings is 1. The molecule has 2 aliphatic rings. The summed E-state index contributed by atoms with van der Waals surface area (Å²) in [6.45, 7) is 8.98. The molecule has 162 valence electrons. The molecule has 2 saturated heterocycles. The van der Waals surface area contributed by atoms with Gasteiger partial charge in [0.15, 0.2) is 0 Å². The molecule has 0 aromatic heterocycles. The van der Waals surface area contributed by atoms with E-state index in [2.05, 4.69) is 17.1 Å². The normalized spacial score (nSPS) is 22.5. The number of amides is 1. The molecule has 0 unspecified atom stereocenters. The Morgan fingerprint density at radius 2 is 1.79 bits per heavy atom. The number of nitrogens with one attached hydrogen (secondary N) is 1. The summed E-state index contributed by atoms with van der Waals surface area (Å²) in [5.74, 6) is 0.553. The SMILES string of the molecule is Cc1ccc(S(=O)(=O)N2CCC[C@H](C(=O)NCCCN3CCC(C)CC3)C2)cc1. The molecule has 0 bridgehead atoms. The number of carbonyl (C=O) groups is 1. The number of carbonyl (C=O) groups excluding carboxylic acids is 1. The monoisotopic (exact) mass is 421 g/mol. The second kappa shape index (κ2) is 10.0. The van der Waals surface area contributed by atoms with Crippen LogP contribution < -0.4 is 5.32 Å². The van der Waals surface area contributed by atoms with Crippen LogP contribution in [0.5, 0.6) is 0 Å². The van der Waals surface area contributed by atoms with Crippen LogP contribution in [0.3, 0.4) is 0 Å². The van der Waals surface area contributed by atoms with E-state index in [9.17, 15) is 13.2 Å². The highest BCUT2D eigenvalue weighted by Gasteiger charge is 2.33. The molecule has 0 spiro atoms. The second-order valence-corrected chi connectivity index (χ2v) is 10.6. The number of piperidine rings is 2. The maximum atomic E-state index is 12.9. The highest BCUT2D eigenvalue weighted by Crippen LogP contribution is 2.24. The molecule has 6 nitrogen and oxygen atoms in total. The van der Waals surface area contributed by atoms with Gasteiger partial charge >= 0.3 is 0 Å². The van der Waals surface area contributed by atoms with Gasteiger partial charge in [-0.05, 0) is 76.7 Å². The first-order valence-corrected chi connectivity index (χ1v) is 12.4. The Kier molecular flexibility index (Phi) is 7.71. The number of nitrogens with zero attached hydrogens (tertiary/aromatic N) is 2. The zero-order valence-electron chi connectivity index (χ0n) is 17.8. The summed E-state index contributed by atoms with van der Waals surface area (Å²) in [5, 5.41) is 3.03. The third-order valence-electron chi connectivity index (χ3n) is 6.24. The Balaban J connectivity index is 1.46. The third kappa shape index (κ3) is 6.03. The van der Waals surface area contributed by atoms with Gasteiger partial charge in [0.05, 0.1) is 10.8 Å². The van der Waals surface area contributed by atoms with Crippen molar-refractivity contribution < 1.29 is 13.2 Å². The lowest BCUT2D eigenvalue weighted by molar-refractivity contribution is -0.126. The lowest BCUT2D eigenvalue weighted by Crippen LogP contribution is -2.45. The topological polar surface area (TPSA) is 69.7 Å². The number of rotatable bonds is 7. The minimum atomic E-state index is -3.54. The van der Waals surface area contributed by atoms with Gasteiger partial charge in [-0.15, -0.1) is 0 Å². The number of sulfonamides is 1.